The van der Waals surface area contributed by atoms with Gasteiger partial charge < -0.3 is 14.6 Å². The number of aliphatic hydroxyl groups excluding tert-OH is 1. The first-order valence-corrected chi connectivity index (χ1v) is 6.61. The average molecular weight is 301 g/mol. The highest BCUT2D eigenvalue weighted by molar-refractivity contribution is 9.10. The maximum Gasteiger partial charge on any atom is 0.124 e. The number of benzene rings is 1. The van der Waals surface area contributed by atoms with Crippen LogP contribution < -0.4 is 4.74 Å². The molecule has 1 aliphatic heterocycles. The fraction of sp³-hybridized carbons (Fsp3) is 0.538. The minimum Gasteiger partial charge on any atom is -0.496 e. The molecule has 0 spiro atoms. The van der Waals surface area contributed by atoms with E-state index in [9.17, 15) is 5.11 Å². The number of methoxy groups -OCH3 is 1. The smallest absolute Gasteiger partial charge is 0.124 e. The zero-order valence-corrected chi connectivity index (χ0v) is 11.4. The van der Waals surface area contributed by atoms with Crippen molar-refractivity contribution in [1.29, 1.82) is 0 Å². The predicted molar refractivity (Wildman–Crippen MR) is 69.2 cm³/mol. The molecule has 1 aromatic carbocycles. The normalized spacial score (nSPS) is 24.6. The molecule has 2 unspecified atom stereocenters. The van der Waals surface area contributed by atoms with Gasteiger partial charge in [-0.25, -0.2) is 0 Å². The van der Waals surface area contributed by atoms with E-state index in [1.54, 1.807) is 7.11 Å². The van der Waals surface area contributed by atoms with Gasteiger partial charge in [0, 0.05) is 29.2 Å². The first kappa shape index (κ1) is 12.9. The highest BCUT2D eigenvalue weighted by atomic mass is 79.9. The number of aliphatic hydroxyl groups is 1. The van der Waals surface area contributed by atoms with Crippen molar-refractivity contribution in [2.24, 2.45) is 5.92 Å². The van der Waals surface area contributed by atoms with Gasteiger partial charge in [-0.2, -0.15) is 0 Å². The summed E-state index contributed by atoms with van der Waals surface area (Å²) in [6.07, 6.45) is 1.94. The standard InChI is InChI=1S/C13H17BrO3/c1-16-12-5-4-10(14)7-11(12)13-9(8-15)3-2-6-17-13/h4-5,7,9,13,15H,2-3,6,8H2,1H3. The molecule has 1 saturated heterocycles. The van der Waals surface area contributed by atoms with Gasteiger partial charge in [-0.3, -0.25) is 0 Å². The van der Waals surface area contributed by atoms with Gasteiger partial charge in [0.25, 0.3) is 0 Å². The van der Waals surface area contributed by atoms with E-state index in [2.05, 4.69) is 15.9 Å². The summed E-state index contributed by atoms with van der Waals surface area (Å²) >= 11 is 3.46. The second-order valence-electron chi connectivity index (χ2n) is 4.26. The molecule has 94 valence electrons. The topological polar surface area (TPSA) is 38.7 Å². The molecule has 1 heterocycles. The van der Waals surface area contributed by atoms with Crippen molar-refractivity contribution in [3.63, 3.8) is 0 Å². The quantitative estimate of drug-likeness (QED) is 0.933. The van der Waals surface area contributed by atoms with E-state index in [1.807, 2.05) is 18.2 Å². The van der Waals surface area contributed by atoms with Gasteiger partial charge in [0.2, 0.25) is 0 Å². The van der Waals surface area contributed by atoms with Crippen LogP contribution in [-0.4, -0.2) is 25.4 Å². The third-order valence-corrected chi connectivity index (χ3v) is 3.67. The third-order valence-electron chi connectivity index (χ3n) is 3.18. The van der Waals surface area contributed by atoms with Gasteiger partial charge in [-0.15, -0.1) is 0 Å². The summed E-state index contributed by atoms with van der Waals surface area (Å²) in [5.74, 6) is 0.977. The Morgan fingerprint density at radius 1 is 1.53 bits per heavy atom. The monoisotopic (exact) mass is 300 g/mol. The molecule has 2 rings (SSSR count). The summed E-state index contributed by atoms with van der Waals surface area (Å²) in [6, 6.07) is 5.88. The van der Waals surface area contributed by atoms with Crippen molar-refractivity contribution in [3.05, 3.63) is 28.2 Å². The molecule has 3 nitrogen and oxygen atoms in total. The van der Waals surface area contributed by atoms with E-state index in [0.29, 0.717) is 0 Å². The molecule has 0 aromatic heterocycles. The van der Waals surface area contributed by atoms with Crippen LogP contribution in [0, 0.1) is 5.92 Å². The van der Waals surface area contributed by atoms with Gasteiger partial charge in [0.15, 0.2) is 0 Å². The lowest BCUT2D eigenvalue weighted by atomic mass is 9.90. The Hall–Kier alpha value is -0.580. The second kappa shape index (κ2) is 5.85. The lowest BCUT2D eigenvalue weighted by molar-refractivity contribution is -0.0467. The van der Waals surface area contributed by atoms with E-state index >= 15 is 0 Å². The molecule has 0 bridgehead atoms. The minimum atomic E-state index is -0.0683. The molecule has 17 heavy (non-hydrogen) atoms. The molecule has 0 saturated carbocycles. The second-order valence-corrected chi connectivity index (χ2v) is 5.18. The Kier molecular flexibility index (Phi) is 4.42. The van der Waals surface area contributed by atoms with Gasteiger partial charge in [-0.1, -0.05) is 15.9 Å². The van der Waals surface area contributed by atoms with Crippen LogP contribution in [0.15, 0.2) is 22.7 Å². The zero-order valence-electron chi connectivity index (χ0n) is 9.86. The summed E-state index contributed by atoms with van der Waals surface area (Å²) < 4.78 is 12.2. The zero-order chi connectivity index (χ0) is 12.3. The van der Waals surface area contributed by atoms with E-state index in [4.69, 9.17) is 9.47 Å². The van der Waals surface area contributed by atoms with E-state index in [0.717, 1.165) is 35.2 Å². The van der Waals surface area contributed by atoms with Gasteiger partial charge >= 0.3 is 0 Å². The number of ether oxygens (including phenoxy) is 2. The first-order valence-electron chi connectivity index (χ1n) is 5.82. The summed E-state index contributed by atoms with van der Waals surface area (Å²) in [5.41, 5.74) is 1.01. The Morgan fingerprint density at radius 3 is 3.06 bits per heavy atom. The summed E-state index contributed by atoms with van der Waals surface area (Å²) in [7, 11) is 1.66. The van der Waals surface area contributed by atoms with Gasteiger partial charge in [0.05, 0.1) is 13.2 Å². The molecule has 0 amide bonds. The Bertz CT molecular complexity index is 381. The van der Waals surface area contributed by atoms with Gasteiger partial charge in [-0.05, 0) is 31.0 Å². The maximum absolute atomic E-state index is 9.42. The average Bonchev–Trinajstić information content (AvgIpc) is 2.38. The fourth-order valence-corrected chi connectivity index (χ4v) is 2.68. The highest BCUT2D eigenvalue weighted by Crippen LogP contribution is 2.39. The number of rotatable bonds is 3. The Labute approximate surface area is 110 Å². The summed E-state index contributed by atoms with van der Waals surface area (Å²) in [5, 5.41) is 9.42. The summed E-state index contributed by atoms with van der Waals surface area (Å²) in [6.45, 7) is 0.900. The van der Waals surface area contributed by atoms with E-state index < -0.39 is 0 Å². The highest BCUT2D eigenvalue weighted by Gasteiger charge is 2.29. The van der Waals surface area contributed by atoms with E-state index in [1.165, 1.54) is 0 Å². The third kappa shape index (κ3) is 2.81. The number of hydrogen-bond donors (Lipinski definition) is 1. The minimum absolute atomic E-state index is 0.0683. The fourth-order valence-electron chi connectivity index (χ4n) is 2.30. The molecular weight excluding hydrogens is 284 g/mol. The van der Waals surface area contributed by atoms with Gasteiger partial charge in [0.1, 0.15) is 5.75 Å². The van der Waals surface area contributed by atoms with Crippen LogP contribution in [0.2, 0.25) is 0 Å². The van der Waals surface area contributed by atoms with Crippen LogP contribution >= 0.6 is 15.9 Å². The molecule has 1 fully saturated rings. The van der Waals surface area contributed by atoms with Crippen molar-refractivity contribution < 1.29 is 14.6 Å². The van der Waals surface area contributed by atoms with Crippen molar-refractivity contribution in [3.8, 4) is 5.75 Å². The van der Waals surface area contributed by atoms with Crippen molar-refractivity contribution in [2.45, 2.75) is 18.9 Å². The first-order chi connectivity index (χ1) is 8.26. The van der Waals surface area contributed by atoms with Crippen molar-refractivity contribution in [1.82, 2.24) is 0 Å². The van der Waals surface area contributed by atoms with Crippen LogP contribution in [-0.2, 0) is 4.74 Å². The molecular formula is C13H17BrO3. The molecule has 0 radical (unpaired) electrons. The molecule has 1 aromatic rings. The lowest BCUT2D eigenvalue weighted by Crippen LogP contribution is -2.25. The summed E-state index contributed by atoms with van der Waals surface area (Å²) in [4.78, 5) is 0. The maximum atomic E-state index is 9.42. The van der Waals surface area contributed by atoms with Crippen LogP contribution in [0.1, 0.15) is 24.5 Å². The number of halogens is 1. The lowest BCUT2D eigenvalue weighted by Gasteiger charge is -2.31. The van der Waals surface area contributed by atoms with Crippen LogP contribution in [0.5, 0.6) is 5.75 Å². The SMILES string of the molecule is COc1ccc(Br)cc1C1OCCCC1CO. The Balaban J connectivity index is 2.33. The molecule has 0 aliphatic carbocycles. The largest absolute Gasteiger partial charge is 0.496 e. The molecule has 4 heteroatoms. The van der Waals surface area contributed by atoms with Crippen LogP contribution in [0.25, 0.3) is 0 Å². The molecule has 1 N–H and O–H groups in total. The predicted octanol–water partition coefficient (Wildman–Crippen LogP) is 2.92. The van der Waals surface area contributed by atoms with Crippen molar-refractivity contribution in [2.75, 3.05) is 20.3 Å². The number of hydrogen-bond acceptors (Lipinski definition) is 3. The Morgan fingerprint density at radius 2 is 2.35 bits per heavy atom. The molecule has 1 aliphatic rings. The van der Waals surface area contributed by atoms with Crippen LogP contribution in [0.4, 0.5) is 0 Å². The van der Waals surface area contributed by atoms with Crippen molar-refractivity contribution >= 4 is 15.9 Å². The molecule has 2 atom stereocenters. The van der Waals surface area contributed by atoms with Crippen LogP contribution in [0.3, 0.4) is 0 Å². The van der Waals surface area contributed by atoms with E-state index in [-0.39, 0.29) is 18.6 Å².